The molecule has 0 rings (SSSR count). The SMILES string of the molecule is CC(C)(C)OC(=O)NCC#CCCN=[N+]=[N-]. The van der Waals surface area contributed by atoms with E-state index in [1.165, 1.54) is 0 Å². The summed E-state index contributed by atoms with van der Waals surface area (Å²) in [6.07, 6.45) is -0.00286. The Kier molecular flexibility index (Phi) is 6.57. The number of carbonyl (C=O) groups excluding carboxylic acids is 1. The number of hydrogen-bond donors (Lipinski definition) is 1. The fourth-order valence-electron chi connectivity index (χ4n) is 0.732. The molecule has 88 valence electrons. The molecule has 0 unspecified atom stereocenters. The Labute approximate surface area is 95.0 Å². The molecule has 1 N–H and O–H groups in total. The van der Waals surface area contributed by atoms with Crippen molar-refractivity contribution in [1.82, 2.24) is 5.32 Å². The number of carbonyl (C=O) groups is 1. The molecule has 16 heavy (non-hydrogen) atoms. The highest BCUT2D eigenvalue weighted by atomic mass is 16.6. The average Bonchev–Trinajstić information content (AvgIpc) is 2.13. The zero-order valence-electron chi connectivity index (χ0n) is 9.78. The Morgan fingerprint density at radius 3 is 2.75 bits per heavy atom. The minimum absolute atomic E-state index is 0.227. The number of hydrogen-bond acceptors (Lipinski definition) is 3. The van der Waals surface area contributed by atoms with Gasteiger partial charge in [0.1, 0.15) is 5.60 Å². The molecule has 0 aliphatic rings. The van der Waals surface area contributed by atoms with Crippen LogP contribution in [0.2, 0.25) is 0 Å². The van der Waals surface area contributed by atoms with Gasteiger partial charge in [-0.2, -0.15) is 0 Å². The van der Waals surface area contributed by atoms with Crippen LogP contribution in [-0.2, 0) is 4.74 Å². The van der Waals surface area contributed by atoms with E-state index in [2.05, 4.69) is 27.2 Å². The second kappa shape index (κ2) is 7.43. The molecule has 0 fully saturated rings. The van der Waals surface area contributed by atoms with E-state index in [4.69, 9.17) is 10.3 Å². The molecular formula is C10H16N4O2. The average molecular weight is 224 g/mol. The van der Waals surface area contributed by atoms with Crippen LogP contribution in [0.15, 0.2) is 5.11 Å². The van der Waals surface area contributed by atoms with Gasteiger partial charge in [0.2, 0.25) is 0 Å². The second-order valence-electron chi connectivity index (χ2n) is 3.91. The summed E-state index contributed by atoms with van der Waals surface area (Å²) >= 11 is 0. The summed E-state index contributed by atoms with van der Waals surface area (Å²) in [7, 11) is 0. The summed E-state index contributed by atoms with van der Waals surface area (Å²) < 4.78 is 5.00. The molecule has 0 spiro atoms. The molecule has 6 heteroatoms. The van der Waals surface area contributed by atoms with Crippen LogP contribution in [-0.4, -0.2) is 24.8 Å². The largest absolute Gasteiger partial charge is 0.444 e. The highest BCUT2D eigenvalue weighted by Gasteiger charge is 2.14. The van der Waals surface area contributed by atoms with E-state index in [9.17, 15) is 4.79 Å². The molecule has 0 bridgehead atoms. The fourth-order valence-corrected chi connectivity index (χ4v) is 0.732. The van der Waals surface area contributed by atoms with Gasteiger partial charge < -0.3 is 10.1 Å². The van der Waals surface area contributed by atoms with E-state index in [-0.39, 0.29) is 6.54 Å². The summed E-state index contributed by atoms with van der Waals surface area (Å²) in [5.74, 6) is 5.47. The topological polar surface area (TPSA) is 87.1 Å². The Bertz CT molecular complexity index is 329. The Morgan fingerprint density at radius 2 is 2.19 bits per heavy atom. The first-order chi connectivity index (χ1) is 7.45. The van der Waals surface area contributed by atoms with Crippen LogP contribution in [0.4, 0.5) is 4.79 Å². The van der Waals surface area contributed by atoms with E-state index in [1.54, 1.807) is 20.8 Å². The smallest absolute Gasteiger partial charge is 0.408 e. The lowest BCUT2D eigenvalue weighted by molar-refractivity contribution is 0.0535. The van der Waals surface area contributed by atoms with Gasteiger partial charge in [-0.1, -0.05) is 11.0 Å². The van der Waals surface area contributed by atoms with E-state index in [0.717, 1.165) is 0 Å². The first-order valence-corrected chi connectivity index (χ1v) is 4.89. The second-order valence-corrected chi connectivity index (χ2v) is 3.91. The summed E-state index contributed by atoms with van der Waals surface area (Å²) in [5.41, 5.74) is 7.49. The molecular weight excluding hydrogens is 208 g/mol. The number of ether oxygens (including phenoxy) is 1. The van der Waals surface area contributed by atoms with Gasteiger partial charge in [-0.3, -0.25) is 0 Å². The molecule has 1 amide bonds. The molecule has 0 atom stereocenters. The number of amides is 1. The Balaban J connectivity index is 3.65. The van der Waals surface area contributed by atoms with Crippen molar-refractivity contribution in [2.75, 3.05) is 13.1 Å². The molecule has 6 nitrogen and oxygen atoms in total. The van der Waals surface area contributed by atoms with Crippen LogP contribution >= 0.6 is 0 Å². The van der Waals surface area contributed by atoms with E-state index in [0.29, 0.717) is 13.0 Å². The minimum Gasteiger partial charge on any atom is -0.444 e. The summed E-state index contributed by atoms with van der Waals surface area (Å²) in [5, 5.41) is 5.81. The maximum atomic E-state index is 11.1. The lowest BCUT2D eigenvalue weighted by Crippen LogP contribution is -2.32. The third-order valence-electron chi connectivity index (χ3n) is 1.25. The van der Waals surface area contributed by atoms with Crippen molar-refractivity contribution in [3.05, 3.63) is 10.4 Å². The van der Waals surface area contributed by atoms with Crippen molar-refractivity contribution in [2.24, 2.45) is 5.11 Å². The lowest BCUT2D eigenvalue weighted by Gasteiger charge is -2.18. The molecule has 0 saturated carbocycles. The zero-order valence-corrected chi connectivity index (χ0v) is 9.78. The van der Waals surface area contributed by atoms with Gasteiger partial charge in [-0.05, 0) is 26.3 Å². The van der Waals surface area contributed by atoms with Crippen molar-refractivity contribution in [1.29, 1.82) is 0 Å². The highest BCUT2D eigenvalue weighted by Crippen LogP contribution is 2.05. The normalized spacial score (nSPS) is 9.44. The third kappa shape index (κ3) is 10.2. The van der Waals surface area contributed by atoms with Gasteiger partial charge in [-0.25, -0.2) is 4.79 Å². The van der Waals surface area contributed by atoms with Crippen molar-refractivity contribution < 1.29 is 9.53 Å². The Morgan fingerprint density at radius 1 is 1.50 bits per heavy atom. The van der Waals surface area contributed by atoms with Gasteiger partial charge in [0.05, 0.1) is 6.54 Å². The fraction of sp³-hybridized carbons (Fsp3) is 0.700. The maximum absolute atomic E-state index is 11.1. The molecule has 0 saturated heterocycles. The minimum atomic E-state index is -0.501. The molecule has 0 aromatic heterocycles. The molecule has 0 aliphatic heterocycles. The first-order valence-electron chi connectivity index (χ1n) is 4.89. The maximum Gasteiger partial charge on any atom is 0.408 e. The predicted molar refractivity (Wildman–Crippen MR) is 60.6 cm³/mol. The van der Waals surface area contributed by atoms with Crippen molar-refractivity contribution >= 4 is 6.09 Å². The van der Waals surface area contributed by atoms with Crippen LogP contribution in [0.3, 0.4) is 0 Å². The van der Waals surface area contributed by atoms with Crippen LogP contribution in [0.5, 0.6) is 0 Å². The first kappa shape index (κ1) is 14.1. The van der Waals surface area contributed by atoms with Crippen LogP contribution in [0.1, 0.15) is 27.2 Å². The van der Waals surface area contributed by atoms with Crippen molar-refractivity contribution in [2.45, 2.75) is 32.8 Å². The Hall–Kier alpha value is -1.86. The monoisotopic (exact) mass is 224 g/mol. The summed E-state index contributed by atoms with van der Waals surface area (Å²) in [6, 6.07) is 0. The zero-order chi connectivity index (χ0) is 12.4. The molecule has 0 radical (unpaired) electrons. The standard InChI is InChI=1S/C10H16N4O2/c1-10(2,3)16-9(15)12-7-5-4-6-8-13-14-11/h6-8H2,1-3H3,(H,12,15). The van der Waals surface area contributed by atoms with E-state index < -0.39 is 11.7 Å². The van der Waals surface area contributed by atoms with Gasteiger partial charge in [0.15, 0.2) is 0 Å². The van der Waals surface area contributed by atoms with E-state index in [1.807, 2.05) is 0 Å². The quantitative estimate of drug-likeness (QED) is 0.262. The molecule has 0 heterocycles. The summed E-state index contributed by atoms with van der Waals surface area (Å²) in [4.78, 5) is 13.7. The van der Waals surface area contributed by atoms with E-state index >= 15 is 0 Å². The van der Waals surface area contributed by atoms with Gasteiger partial charge in [0, 0.05) is 17.9 Å². The lowest BCUT2D eigenvalue weighted by atomic mass is 10.2. The molecule has 0 aliphatic carbocycles. The summed E-state index contributed by atoms with van der Waals surface area (Å²) in [6.45, 7) is 5.94. The van der Waals surface area contributed by atoms with Gasteiger partial charge >= 0.3 is 6.09 Å². The van der Waals surface area contributed by atoms with Crippen LogP contribution in [0, 0.1) is 11.8 Å². The number of nitrogens with one attached hydrogen (secondary N) is 1. The van der Waals surface area contributed by atoms with Gasteiger partial charge in [-0.15, -0.1) is 5.92 Å². The van der Waals surface area contributed by atoms with Gasteiger partial charge in [0.25, 0.3) is 0 Å². The predicted octanol–water partition coefficient (Wildman–Crippen LogP) is 2.21. The number of alkyl carbamates (subject to hydrolysis) is 1. The van der Waals surface area contributed by atoms with Crippen molar-refractivity contribution in [3.63, 3.8) is 0 Å². The van der Waals surface area contributed by atoms with Crippen LogP contribution < -0.4 is 5.32 Å². The molecule has 0 aromatic rings. The third-order valence-corrected chi connectivity index (χ3v) is 1.25. The number of nitrogens with zero attached hydrogens (tertiary/aromatic N) is 3. The number of rotatable bonds is 3. The molecule has 0 aromatic carbocycles. The highest BCUT2D eigenvalue weighted by molar-refractivity contribution is 5.67. The number of azide groups is 1. The van der Waals surface area contributed by atoms with Crippen LogP contribution in [0.25, 0.3) is 10.4 Å². The van der Waals surface area contributed by atoms with Crippen molar-refractivity contribution in [3.8, 4) is 11.8 Å².